The van der Waals surface area contributed by atoms with E-state index >= 15 is 0 Å². The van der Waals surface area contributed by atoms with Crippen LogP contribution in [0.5, 0.6) is 17.2 Å². The second-order valence-corrected chi connectivity index (χ2v) is 11.1. The quantitative estimate of drug-likeness (QED) is 0.196. The number of aromatic hydroxyl groups is 1. The Morgan fingerprint density at radius 3 is 1.83 bits per heavy atom. The Morgan fingerprint density at radius 1 is 0.854 bits per heavy atom. The lowest BCUT2D eigenvalue weighted by atomic mass is 10.2. The van der Waals surface area contributed by atoms with Gasteiger partial charge in [0.25, 0.3) is 0 Å². The molecule has 0 saturated heterocycles. The molecule has 4 rings (SSSR count). The fraction of sp³-hybridized carbons (Fsp3) is 0.107. The Bertz CT molecular complexity index is 1660. The number of aromatic carboxylic acids is 1. The van der Waals surface area contributed by atoms with E-state index in [2.05, 4.69) is 0 Å². The van der Waals surface area contributed by atoms with Gasteiger partial charge in [-0.15, -0.1) is 0 Å². The van der Waals surface area contributed by atoms with Gasteiger partial charge in [-0.25, -0.2) is 17.6 Å². The molecule has 4 aromatic rings. The predicted octanol–water partition coefficient (Wildman–Crippen LogP) is 7.09. The van der Waals surface area contributed by atoms with Crippen LogP contribution in [-0.2, 0) is 29.3 Å². The lowest BCUT2D eigenvalue weighted by Gasteiger charge is -2.23. The van der Waals surface area contributed by atoms with Crippen molar-refractivity contribution in [3.05, 3.63) is 118 Å². The monoisotopic (exact) mass is 609 g/mol. The maximum atomic E-state index is 13.7. The van der Waals surface area contributed by atoms with Crippen LogP contribution in [0.2, 0.25) is 5.02 Å². The molecule has 0 aromatic heterocycles. The zero-order chi connectivity index (χ0) is 29.9. The van der Waals surface area contributed by atoms with E-state index in [-0.39, 0.29) is 29.6 Å². The molecule has 0 unspecified atom stereocenters. The summed E-state index contributed by atoms with van der Waals surface area (Å²) < 4.78 is 85.7. The van der Waals surface area contributed by atoms with Crippen molar-refractivity contribution in [3.63, 3.8) is 0 Å². The summed E-state index contributed by atoms with van der Waals surface area (Å²) in [7, 11) is -4.57. The first kappa shape index (κ1) is 29.8. The lowest BCUT2D eigenvalue weighted by Crippen LogP contribution is -2.30. The van der Waals surface area contributed by atoms with Crippen molar-refractivity contribution >= 4 is 27.6 Å². The van der Waals surface area contributed by atoms with E-state index in [1.165, 1.54) is 36.4 Å². The number of ether oxygens (including phenoxy) is 1. The van der Waals surface area contributed by atoms with Crippen LogP contribution in [-0.4, -0.2) is 28.9 Å². The highest BCUT2D eigenvalue weighted by Crippen LogP contribution is 2.35. The van der Waals surface area contributed by atoms with E-state index in [0.29, 0.717) is 11.1 Å². The van der Waals surface area contributed by atoms with E-state index < -0.39 is 49.8 Å². The third-order valence-electron chi connectivity index (χ3n) is 5.86. The number of rotatable bonds is 9. The van der Waals surface area contributed by atoms with Crippen LogP contribution in [0.4, 0.5) is 17.6 Å². The van der Waals surface area contributed by atoms with Gasteiger partial charge in [0.05, 0.1) is 5.56 Å². The van der Waals surface area contributed by atoms with Crippen molar-refractivity contribution in [3.8, 4) is 17.2 Å². The smallest absolute Gasteiger partial charge is 0.416 e. The Kier molecular flexibility index (Phi) is 8.57. The minimum absolute atomic E-state index is 0.150. The summed E-state index contributed by atoms with van der Waals surface area (Å²) in [6, 6.07) is 17.0. The third-order valence-corrected chi connectivity index (χ3v) is 7.88. The number of phenols is 1. The molecule has 0 spiro atoms. The molecule has 214 valence electrons. The molecule has 0 aliphatic carbocycles. The van der Waals surface area contributed by atoms with Gasteiger partial charge in [-0.05, 0) is 71.8 Å². The summed E-state index contributed by atoms with van der Waals surface area (Å²) >= 11 is 5.96. The maximum Gasteiger partial charge on any atom is 0.416 e. The van der Waals surface area contributed by atoms with Crippen molar-refractivity contribution in [2.24, 2.45) is 0 Å². The highest BCUT2D eigenvalue weighted by atomic mass is 35.5. The molecule has 0 radical (unpaired) electrons. The van der Waals surface area contributed by atoms with Gasteiger partial charge < -0.3 is 14.9 Å². The molecule has 2 N–H and O–H groups in total. The van der Waals surface area contributed by atoms with Crippen molar-refractivity contribution in [1.82, 2.24) is 4.31 Å². The van der Waals surface area contributed by atoms with Crippen LogP contribution in [0.3, 0.4) is 0 Å². The molecule has 7 nitrogen and oxygen atoms in total. The average molecular weight is 610 g/mol. The van der Waals surface area contributed by atoms with E-state index in [1.807, 2.05) is 0 Å². The first-order valence-corrected chi connectivity index (χ1v) is 13.5. The standard InChI is InChI=1S/C28H20ClF4NO6S/c29-20-13-24(27(36)37)26(35)25(14-20)41(38,39)34(15-17-1-7-21(30)8-2-17)16-18-3-9-22(10-4-18)40-23-11-5-19(6-12-23)28(31,32)33/h1-14,35H,15-16H2,(H,36,37). The topological polar surface area (TPSA) is 104 Å². The van der Waals surface area contributed by atoms with Gasteiger partial charge in [-0.1, -0.05) is 35.9 Å². The largest absolute Gasteiger partial charge is 0.506 e. The number of nitrogens with zero attached hydrogens (tertiary/aromatic N) is 1. The minimum Gasteiger partial charge on any atom is -0.506 e. The Labute approximate surface area is 236 Å². The number of sulfonamides is 1. The zero-order valence-corrected chi connectivity index (χ0v) is 22.3. The number of alkyl halides is 3. The molecule has 4 aromatic carbocycles. The number of hydrogen-bond acceptors (Lipinski definition) is 5. The molecule has 0 fully saturated rings. The maximum absolute atomic E-state index is 13.7. The van der Waals surface area contributed by atoms with Gasteiger partial charge >= 0.3 is 12.1 Å². The lowest BCUT2D eigenvalue weighted by molar-refractivity contribution is -0.137. The van der Waals surface area contributed by atoms with Crippen LogP contribution in [0.25, 0.3) is 0 Å². The van der Waals surface area contributed by atoms with Crippen LogP contribution in [0.15, 0.2) is 89.8 Å². The van der Waals surface area contributed by atoms with Crippen LogP contribution < -0.4 is 4.74 Å². The van der Waals surface area contributed by atoms with Gasteiger partial charge in [0.1, 0.15) is 33.5 Å². The van der Waals surface area contributed by atoms with Crippen LogP contribution in [0.1, 0.15) is 27.0 Å². The fourth-order valence-corrected chi connectivity index (χ4v) is 5.64. The fourth-order valence-electron chi connectivity index (χ4n) is 3.81. The van der Waals surface area contributed by atoms with Gasteiger partial charge in [-0.2, -0.15) is 17.5 Å². The molecule has 0 aliphatic rings. The third kappa shape index (κ3) is 7.15. The molecule has 41 heavy (non-hydrogen) atoms. The zero-order valence-electron chi connectivity index (χ0n) is 20.8. The summed E-state index contributed by atoms with van der Waals surface area (Å²) in [5, 5.41) is 19.6. The Morgan fingerprint density at radius 2 is 1.34 bits per heavy atom. The number of carbonyl (C=O) groups is 1. The highest BCUT2D eigenvalue weighted by molar-refractivity contribution is 7.89. The van der Waals surface area contributed by atoms with E-state index in [9.17, 15) is 41.0 Å². The number of carboxylic acid groups (broad SMARTS) is 1. The van der Waals surface area contributed by atoms with E-state index in [4.69, 9.17) is 16.3 Å². The first-order valence-electron chi connectivity index (χ1n) is 11.7. The van der Waals surface area contributed by atoms with E-state index in [1.54, 1.807) is 0 Å². The molecule has 0 bridgehead atoms. The normalized spacial score (nSPS) is 12.0. The molecule has 0 amide bonds. The minimum atomic E-state index is -4.57. The first-order chi connectivity index (χ1) is 19.2. The summed E-state index contributed by atoms with van der Waals surface area (Å²) in [6.45, 7) is -0.546. The second kappa shape index (κ2) is 11.8. The van der Waals surface area contributed by atoms with Crippen molar-refractivity contribution in [2.45, 2.75) is 24.2 Å². The summed E-state index contributed by atoms with van der Waals surface area (Å²) in [5.41, 5.74) is -0.695. The molecular weight excluding hydrogens is 590 g/mol. The van der Waals surface area contributed by atoms with Crippen LogP contribution in [0, 0.1) is 5.82 Å². The number of benzene rings is 4. The number of carboxylic acids is 1. The number of hydrogen-bond donors (Lipinski definition) is 2. The molecular formula is C28H20ClF4NO6S. The van der Waals surface area contributed by atoms with Gasteiger partial charge in [0, 0.05) is 18.1 Å². The van der Waals surface area contributed by atoms with Gasteiger partial charge in [0.15, 0.2) is 0 Å². The summed E-state index contributed by atoms with van der Waals surface area (Å²) in [4.78, 5) is 10.8. The molecule has 0 saturated carbocycles. The summed E-state index contributed by atoms with van der Waals surface area (Å²) in [5.74, 6) is -2.70. The van der Waals surface area contributed by atoms with Crippen LogP contribution >= 0.6 is 11.6 Å². The van der Waals surface area contributed by atoms with Crippen molar-refractivity contribution in [2.75, 3.05) is 0 Å². The predicted molar refractivity (Wildman–Crippen MR) is 141 cm³/mol. The van der Waals surface area contributed by atoms with Crippen molar-refractivity contribution in [1.29, 1.82) is 0 Å². The Hall–Kier alpha value is -4.13. The molecule has 0 heterocycles. The summed E-state index contributed by atoms with van der Waals surface area (Å²) in [6.07, 6.45) is -4.49. The molecule has 0 aliphatic heterocycles. The molecule has 13 heteroatoms. The average Bonchev–Trinajstić information content (AvgIpc) is 2.91. The highest BCUT2D eigenvalue weighted by Gasteiger charge is 2.31. The second-order valence-electron chi connectivity index (χ2n) is 8.77. The van der Waals surface area contributed by atoms with Gasteiger partial charge in [0.2, 0.25) is 10.0 Å². The molecule has 0 atom stereocenters. The Balaban J connectivity index is 1.63. The van der Waals surface area contributed by atoms with E-state index in [0.717, 1.165) is 52.8 Å². The van der Waals surface area contributed by atoms with Crippen molar-refractivity contribution < 1.29 is 45.7 Å². The number of halogens is 5. The van der Waals surface area contributed by atoms with Gasteiger partial charge in [-0.3, -0.25) is 0 Å². The SMILES string of the molecule is O=C(O)c1cc(Cl)cc(S(=O)(=O)N(Cc2ccc(F)cc2)Cc2ccc(Oc3ccc(C(F)(F)F)cc3)cc2)c1O.